The molecule has 1 N–H and O–H groups in total. The van der Waals surface area contributed by atoms with Crippen LogP contribution in [-0.4, -0.2) is 12.1 Å². The third-order valence-electron chi connectivity index (χ3n) is 4.81. The van der Waals surface area contributed by atoms with E-state index in [2.05, 4.69) is 55.6 Å². The van der Waals surface area contributed by atoms with Gasteiger partial charge in [-0.15, -0.1) is 0 Å². The van der Waals surface area contributed by atoms with Gasteiger partial charge in [0, 0.05) is 12.1 Å². The summed E-state index contributed by atoms with van der Waals surface area (Å²) in [5.74, 6) is 1.53. The SMILES string of the molecule is C/C=C\c1ccc(C2CC3CCC(N3)C2C)cc1. The van der Waals surface area contributed by atoms with Crippen LogP contribution in [0.4, 0.5) is 0 Å². The van der Waals surface area contributed by atoms with E-state index in [-0.39, 0.29) is 0 Å². The van der Waals surface area contributed by atoms with Crippen molar-refractivity contribution in [3.63, 3.8) is 0 Å². The van der Waals surface area contributed by atoms with E-state index >= 15 is 0 Å². The second-order valence-corrected chi connectivity index (χ2v) is 5.92. The second-order valence-electron chi connectivity index (χ2n) is 5.92. The van der Waals surface area contributed by atoms with Crippen LogP contribution in [0, 0.1) is 5.92 Å². The molecule has 18 heavy (non-hydrogen) atoms. The van der Waals surface area contributed by atoms with Crippen molar-refractivity contribution in [2.24, 2.45) is 5.92 Å². The predicted molar refractivity (Wildman–Crippen MR) is 77.6 cm³/mol. The number of rotatable bonds is 2. The fraction of sp³-hybridized carbons (Fsp3) is 0.529. The highest BCUT2D eigenvalue weighted by molar-refractivity contribution is 5.49. The molecule has 2 fully saturated rings. The molecular weight excluding hydrogens is 218 g/mol. The molecule has 0 radical (unpaired) electrons. The molecule has 2 aliphatic rings. The van der Waals surface area contributed by atoms with Crippen LogP contribution in [0.3, 0.4) is 0 Å². The Labute approximate surface area is 110 Å². The summed E-state index contributed by atoms with van der Waals surface area (Å²) in [5.41, 5.74) is 2.85. The summed E-state index contributed by atoms with van der Waals surface area (Å²) in [6.07, 6.45) is 8.34. The van der Waals surface area contributed by atoms with Gasteiger partial charge in [-0.05, 0) is 49.1 Å². The van der Waals surface area contributed by atoms with Crippen molar-refractivity contribution in [2.75, 3.05) is 0 Å². The van der Waals surface area contributed by atoms with Crippen LogP contribution in [0.1, 0.15) is 50.2 Å². The monoisotopic (exact) mass is 241 g/mol. The molecule has 0 aliphatic carbocycles. The van der Waals surface area contributed by atoms with Gasteiger partial charge in [0.2, 0.25) is 0 Å². The minimum absolute atomic E-state index is 0.753. The molecule has 2 aliphatic heterocycles. The molecule has 0 spiro atoms. The van der Waals surface area contributed by atoms with Crippen molar-refractivity contribution >= 4 is 6.08 Å². The third-order valence-corrected chi connectivity index (χ3v) is 4.81. The molecule has 1 heteroatoms. The van der Waals surface area contributed by atoms with Gasteiger partial charge in [-0.1, -0.05) is 43.3 Å². The van der Waals surface area contributed by atoms with Gasteiger partial charge in [0.15, 0.2) is 0 Å². The maximum Gasteiger partial charge on any atom is 0.0102 e. The maximum atomic E-state index is 3.76. The quantitative estimate of drug-likeness (QED) is 0.826. The van der Waals surface area contributed by atoms with Crippen LogP contribution in [0.2, 0.25) is 0 Å². The molecule has 1 aromatic carbocycles. The Morgan fingerprint density at radius 1 is 1.17 bits per heavy atom. The minimum Gasteiger partial charge on any atom is -0.311 e. The van der Waals surface area contributed by atoms with Crippen LogP contribution < -0.4 is 5.32 Å². The van der Waals surface area contributed by atoms with Crippen molar-refractivity contribution in [1.29, 1.82) is 0 Å². The van der Waals surface area contributed by atoms with Crippen molar-refractivity contribution in [2.45, 2.75) is 51.1 Å². The topological polar surface area (TPSA) is 12.0 Å². The second kappa shape index (κ2) is 4.89. The number of nitrogens with one attached hydrogen (secondary N) is 1. The zero-order valence-corrected chi connectivity index (χ0v) is 11.4. The van der Waals surface area contributed by atoms with Crippen LogP contribution in [-0.2, 0) is 0 Å². The smallest absolute Gasteiger partial charge is 0.0102 e. The summed E-state index contributed by atoms with van der Waals surface area (Å²) in [4.78, 5) is 0. The Morgan fingerprint density at radius 2 is 1.94 bits per heavy atom. The lowest BCUT2D eigenvalue weighted by molar-refractivity contribution is 0.269. The Balaban J connectivity index is 1.81. The maximum absolute atomic E-state index is 3.76. The number of fused-ring (bicyclic) bond motifs is 2. The molecule has 4 unspecified atom stereocenters. The number of hydrogen-bond donors (Lipinski definition) is 1. The number of hydrogen-bond acceptors (Lipinski definition) is 1. The highest BCUT2D eigenvalue weighted by Crippen LogP contribution is 2.41. The number of benzene rings is 1. The Kier molecular flexibility index (Phi) is 3.25. The highest BCUT2D eigenvalue weighted by atomic mass is 15.0. The zero-order chi connectivity index (χ0) is 12.5. The molecule has 2 bridgehead atoms. The Morgan fingerprint density at radius 3 is 2.67 bits per heavy atom. The average molecular weight is 241 g/mol. The molecule has 2 saturated heterocycles. The molecule has 0 aromatic heterocycles. The van der Waals surface area contributed by atoms with E-state index in [0.717, 1.165) is 23.9 Å². The van der Waals surface area contributed by atoms with Gasteiger partial charge in [-0.3, -0.25) is 0 Å². The van der Waals surface area contributed by atoms with E-state index in [9.17, 15) is 0 Å². The van der Waals surface area contributed by atoms with Crippen molar-refractivity contribution in [3.05, 3.63) is 41.5 Å². The summed E-state index contributed by atoms with van der Waals surface area (Å²) in [7, 11) is 0. The minimum atomic E-state index is 0.753. The molecule has 96 valence electrons. The Hall–Kier alpha value is -1.08. The lowest BCUT2D eigenvalue weighted by atomic mass is 9.78. The van der Waals surface area contributed by atoms with Crippen molar-refractivity contribution in [1.82, 2.24) is 5.32 Å². The number of piperidine rings is 1. The first-order valence-electron chi connectivity index (χ1n) is 7.26. The van der Waals surface area contributed by atoms with Gasteiger partial charge in [0.25, 0.3) is 0 Å². The lowest BCUT2D eigenvalue weighted by Gasteiger charge is -2.36. The standard InChI is InChI=1S/C17H23N/c1-3-4-13-5-7-14(8-6-13)16-11-15-9-10-17(18-15)12(16)2/h3-8,12,15-18H,9-11H2,1-2H3/b4-3-. The molecule has 4 atom stereocenters. The van der Waals surface area contributed by atoms with E-state index in [1.807, 2.05) is 0 Å². The summed E-state index contributed by atoms with van der Waals surface area (Å²) in [6.45, 7) is 4.49. The highest BCUT2D eigenvalue weighted by Gasteiger charge is 2.39. The van der Waals surface area contributed by atoms with E-state index in [0.29, 0.717) is 0 Å². The van der Waals surface area contributed by atoms with E-state index in [1.165, 1.54) is 30.4 Å². The largest absolute Gasteiger partial charge is 0.311 e. The fourth-order valence-electron chi connectivity index (χ4n) is 3.74. The van der Waals surface area contributed by atoms with Gasteiger partial charge in [-0.25, -0.2) is 0 Å². The summed E-state index contributed by atoms with van der Waals surface area (Å²) in [6, 6.07) is 10.7. The van der Waals surface area contributed by atoms with Crippen molar-refractivity contribution < 1.29 is 0 Å². The van der Waals surface area contributed by atoms with Gasteiger partial charge in [0.1, 0.15) is 0 Å². The van der Waals surface area contributed by atoms with Gasteiger partial charge < -0.3 is 5.32 Å². The first-order valence-corrected chi connectivity index (χ1v) is 7.26. The van der Waals surface area contributed by atoms with Crippen LogP contribution in [0.25, 0.3) is 6.08 Å². The molecule has 1 nitrogen and oxygen atoms in total. The summed E-state index contributed by atoms with van der Waals surface area (Å²) in [5, 5.41) is 3.76. The first-order chi connectivity index (χ1) is 8.78. The molecular formula is C17H23N. The van der Waals surface area contributed by atoms with Crippen molar-refractivity contribution in [3.8, 4) is 0 Å². The van der Waals surface area contributed by atoms with Crippen LogP contribution in [0.5, 0.6) is 0 Å². The third kappa shape index (κ3) is 2.12. The van der Waals surface area contributed by atoms with Gasteiger partial charge >= 0.3 is 0 Å². The average Bonchev–Trinajstić information content (AvgIpc) is 2.80. The van der Waals surface area contributed by atoms with E-state index in [1.54, 1.807) is 0 Å². The first kappa shape index (κ1) is 12.0. The van der Waals surface area contributed by atoms with Gasteiger partial charge in [0.05, 0.1) is 0 Å². The predicted octanol–water partition coefficient (Wildman–Crippen LogP) is 3.96. The van der Waals surface area contributed by atoms with Crippen LogP contribution in [0.15, 0.2) is 30.3 Å². The summed E-state index contributed by atoms with van der Waals surface area (Å²) >= 11 is 0. The van der Waals surface area contributed by atoms with E-state index < -0.39 is 0 Å². The van der Waals surface area contributed by atoms with Gasteiger partial charge in [-0.2, -0.15) is 0 Å². The van der Waals surface area contributed by atoms with Crippen LogP contribution >= 0.6 is 0 Å². The molecule has 0 amide bonds. The number of allylic oxidation sites excluding steroid dienone is 1. The summed E-state index contributed by atoms with van der Waals surface area (Å²) < 4.78 is 0. The molecule has 2 heterocycles. The molecule has 3 rings (SSSR count). The fourth-order valence-corrected chi connectivity index (χ4v) is 3.74. The lowest BCUT2D eigenvalue weighted by Crippen LogP contribution is -2.43. The zero-order valence-electron chi connectivity index (χ0n) is 11.4. The Bertz CT molecular complexity index is 431. The molecule has 1 aromatic rings. The van der Waals surface area contributed by atoms with E-state index in [4.69, 9.17) is 0 Å². The molecule has 0 saturated carbocycles. The normalized spacial score (nSPS) is 35.2.